The van der Waals surface area contributed by atoms with Gasteiger partial charge in [-0.25, -0.2) is 4.39 Å². The lowest BCUT2D eigenvalue weighted by molar-refractivity contribution is 0.297. The van der Waals surface area contributed by atoms with Gasteiger partial charge in [0.2, 0.25) is 0 Å². The lowest BCUT2D eigenvalue weighted by Gasteiger charge is -2.34. The molecule has 19 heavy (non-hydrogen) atoms. The van der Waals surface area contributed by atoms with Gasteiger partial charge in [0.05, 0.1) is 14.2 Å². The standard InChI is InChI=1S/C15H22FNO2/c1-18-13-9-12(8-11(10-16)14(13)19-2)15(17)6-4-3-5-7-15/h8-9H,3-7,10,17H2,1-2H3. The number of hydrogen-bond acceptors (Lipinski definition) is 3. The molecule has 106 valence electrons. The van der Waals surface area contributed by atoms with Gasteiger partial charge in [0.15, 0.2) is 11.5 Å². The molecular formula is C15H22FNO2. The van der Waals surface area contributed by atoms with Gasteiger partial charge in [-0.3, -0.25) is 0 Å². The van der Waals surface area contributed by atoms with E-state index in [1.165, 1.54) is 13.5 Å². The second-order valence-corrected chi connectivity index (χ2v) is 5.22. The minimum Gasteiger partial charge on any atom is -0.493 e. The van der Waals surface area contributed by atoms with Gasteiger partial charge in [-0.2, -0.15) is 0 Å². The molecule has 1 aliphatic rings. The number of alkyl halides is 1. The zero-order chi connectivity index (χ0) is 13.9. The Balaban J connectivity index is 2.46. The summed E-state index contributed by atoms with van der Waals surface area (Å²) in [5.74, 6) is 1.02. The van der Waals surface area contributed by atoms with Crippen molar-refractivity contribution in [2.24, 2.45) is 5.73 Å². The predicted octanol–water partition coefficient (Wildman–Crippen LogP) is 3.29. The molecule has 0 aliphatic heterocycles. The maximum absolute atomic E-state index is 13.2. The van der Waals surface area contributed by atoms with Crippen LogP contribution in [-0.2, 0) is 12.2 Å². The van der Waals surface area contributed by atoms with Crippen molar-refractivity contribution in [1.82, 2.24) is 0 Å². The van der Waals surface area contributed by atoms with Crippen molar-refractivity contribution in [3.63, 3.8) is 0 Å². The van der Waals surface area contributed by atoms with Crippen LogP contribution < -0.4 is 15.2 Å². The molecule has 1 aromatic rings. The number of rotatable bonds is 4. The number of benzene rings is 1. The fourth-order valence-corrected chi connectivity index (χ4v) is 2.90. The molecule has 1 aromatic carbocycles. The summed E-state index contributed by atoms with van der Waals surface area (Å²) in [5.41, 5.74) is 7.60. The van der Waals surface area contributed by atoms with Crippen molar-refractivity contribution in [3.05, 3.63) is 23.3 Å². The summed E-state index contributed by atoms with van der Waals surface area (Å²) < 4.78 is 23.7. The lowest BCUT2D eigenvalue weighted by atomic mass is 9.77. The van der Waals surface area contributed by atoms with Crippen LogP contribution >= 0.6 is 0 Å². The summed E-state index contributed by atoms with van der Waals surface area (Å²) >= 11 is 0. The van der Waals surface area contributed by atoms with Crippen molar-refractivity contribution in [2.75, 3.05) is 14.2 Å². The Morgan fingerprint density at radius 3 is 2.37 bits per heavy atom. The van der Waals surface area contributed by atoms with Crippen LogP contribution in [0, 0.1) is 0 Å². The average molecular weight is 267 g/mol. The average Bonchev–Trinajstić information content (AvgIpc) is 2.46. The molecule has 1 saturated carbocycles. The van der Waals surface area contributed by atoms with Gasteiger partial charge in [0.25, 0.3) is 0 Å². The van der Waals surface area contributed by atoms with Gasteiger partial charge in [-0.15, -0.1) is 0 Å². The molecule has 4 heteroatoms. The Bertz CT molecular complexity index is 417. The molecule has 2 rings (SSSR count). The van der Waals surface area contributed by atoms with Gasteiger partial charge in [0.1, 0.15) is 6.67 Å². The van der Waals surface area contributed by atoms with E-state index in [1.54, 1.807) is 7.11 Å². The quantitative estimate of drug-likeness (QED) is 0.910. The van der Waals surface area contributed by atoms with Gasteiger partial charge in [-0.05, 0) is 30.5 Å². The Kier molecular flexibility index (Phi) is 4.30. The Morgan fingerprint density at radius 1 is 1.16 bits per heavy atom. The molecule has 0 saturated heterocycles. The molecule has 0 atom stereocenters. The number of halogens is 1. The van der Waals surface area contributed by atoms with Crippen LogP contribution in [-0.4, -0.2) is 14.2 Å². The van der Waals surface area contributed by atoms with Crippen LogP contribution in [0.15, 0.2) is 12.1 Å². The molecule has 0 unspecified atom stereocenters. The van der Waals surface area contributed by atoms with E-state index in [0.717, 1.165) is 31.2 Å². The van der Waals surface area contributed by atoms with Crippen LogP contribution in [0.5, 0.6) is 11.5 Å². The van der Waals surface area contributed by atoms with E-state index in [4.69, 9.17) is 15.2 Å². The Hall–Kier alpha value is -1.29. The number of nitrogens with two attached hydrogens (primary N) is 1. The predicted molar refractivity (Wildman–Crippen MR) is 73.3 cm³/mol. The van der Waals surface area contributed by atoms with Gasteiger partial charge >= 0.3 is 0 Å². The van der Waals surface area contributed by atoms with Crippen molar-refractivity contribution >= 4 is 0 Å². The summed E-state index contributed by atoms with van der Waals surface area (Å²) in [6, 6.07) is 3.72. The van der Waals surface area contributed by atoms with Crippen LogP contribution in [0.1, 0.15) is 43.2 Å². The number of methoxy groups -OCH3 is 2. The first-order valence-electron chi connectivity index (χ1n) is 6.75. The number of hydrogen-bond donors (Lipinski definition) is 1. The fourth-order valence-electron chi connectivity index (χ4n) is 2.90. The minimum atomic E-state index is -0.580. The van der Waals surface area contributed by atoms with Crippen molar-refractivity contribution in [3.8, 4) is 11.5 Å². The van der Waals surface area contributed by atoms with E-state index < -0.39 is 6.67 Å². The van der Waals surface area contributed by atoms with E-state index >= 15 is 0 Å². The fraction of sp³-hybridized carbons (Fsp3) is 0.600. The maximum Gasteiger partial charge on any atom is 0.166 e. The van der Waals surface area contributed by atoms with Crippen LogP contribution in [0.25, 0.3) is 0 Å². The molecule has 0 radical (unpaired) electrons. The van der Waals surface area contributed by atoms with Crippen molar-refractivity contribution in [1.29, 1.82) is 0 Å². The molecule has 1 fully saturated rings. The zero-order valence-electron chi connectivity index (χ0n) is 11.7. The minimum absolute atomic E-state index is 0.359. The highest BCUT2D eigenvalue weighted by atomic mass is 19.1. The van der Waals surface area contributed by atoms with Crippen LogP contribution in [0.2, 0.25) is 0 Å². The highest BCUT2D eigenvalue weighted by molar-refractivity contribution is 5.51. The molecule has 1 aliphatic carbocycles. The summed E-state index contributed by atoms with van der Waals surface area (Å²) in [4.78, 5) is 0. The van der Waals surface area contributed by atoms with Crippen LogP contribution in [0.3, 0.4) is 0 Å². The summed E-state index contributed by atoms with van der Waals surface area (Å²) in [7, 11) is 3.09. The highest BCUT2D eigenvalue weighted by Crippen LogP contribution is 2.40. The molecule has 0 aromatic heterocycles. The smallest absolute Gasteiger partial charge is 0.166 e. The van der Waals surface area contributed by atoms with E-state index in [2.05, 4.69) is 0 Å². The lowest BCUT2D eigenvalue weighted by Crippen LogP contribution is -2.38. The third kappa shape index (κ3) is 2.68. The van der Waals surface area contributed by atoms with Crippen molar-refractivity contribution < 1.29 is 13.9 Å². The van der Waals surface area contributed by atoms with Gasteiger partial charge < -0.3 is 15.2 Å². The largest absolute Gasteiger partial charge is 0.493 e. The monoisotopic (exact) mass is 267 g/mol. The highest BCUT2D eigenvalue weighted by Gasteiger charge is 2.31. The first-order chi connectivity index (χ1) is 9.14. The molecule has 2 N–H and O–H groups in total. The molecule has 0 spiro atoms. The molecule has 0 amide bonds. The molecule has 0 heterocycles. The second-order valence-electron chi connectivity index (χ2n) is 5.22. The van der Waals surface area contributed by atoms with Gasteiger partial charge in [0, 0.05) is 11.1 Å². The molecular weight excluding hydrogens is 245 g/mol. The second kappa shape index (κ2) is 5.78. The van der Waals surface area contributed by atoms with Crippen molar-refractivity contribution in [2.45, 2.75) is 44.3 Å². The zero-order valence-corrected chi connectivity index (χ0v) is 11.7. The first-order valence-corrected chi connectivity index (χ1v) is 6.75. The van der Waals surface area contributed by atoms with E-state index in [-0.39, 0.29) is 5.54 Å². The third-order valence-electron chi connectivity index (χ3n) is 4.02. The Labute approximate surface area is 113 Å². The SMILES string of the molecule is COc1cc(C2(N)CCCCC2)cc(CF)c1OC. The Morgan fingerprint density at radius 2 is 1.84 bits per heavy atom. The summed E-state index contributed by atoms with van der Waals surface area (Å²) in [6.07, 6.45) is 5.34. The van der Waals surface area contributed by atoms with Crippen LogP contribution in [0.4, 0.5) is 4.39 Å². The normalized spacial score (nSPS) is 18.1. The maximum atomic E-state index is 13.2. The summed E-state index contributed by atoms with van der Waals surface area (Å²) in [5, 5.41) is 0. The van der Waals surface area contributed by atoms with E-state index in [9.17, 15) is 4.39 Å². The van der Waals surface area contributed by atoms with E-state index in [0.29, 0.717) is 17.1 Å². The number of ether oxygens (including phenoxy) is 2. The molecule has 0 bridgehead atoms. The third-order valence-corrected chi connectivity index (χ3v) is 4.02. The summed E-state index contributed by atoms with van der Waals surface area (Å²) in [6.45, 7) is -0.580. The topological polar surface area (TPSA) is 44.5 Å². The first kappa shape index (κ1) is 14.1. The molecule has 3 nitrogen and oxygen atoms in total. The van der Waals surface area contributed by atoms with E-state index in [1.807, 2.05) is 12.1 Å². The van der Waals surface area contributed by atoms with Gasteiger partial charge in [-0.1, -0.05) is 19.3 Å².